The summed E-state index contributed by atoms with van der Waals surface area (Å²) < 4.78 is 4.97. The molecule has 1 aromatic carbocycles. The second kappa shape index (κ2) is 4.99. The highest BCUT2D eigenvalue weighted by molar-refractivity contribution is 7.13. The molecule has 1 amide bonds. The van der Waals surface area contributed by atoms with E-state index < -0.39 is 0 Å². The van der Waals surface area contributed by atoms with Gasteiger partial charge in [0.2, 0.25) is 0 Å². The van der Waals surface area contributed by atoms with Crippen molar-refractivity contribution in [2.24, 2.45) is 0 Å². The fourth-order valence-electron chi connectivity index (χ4n) is 2.34. The highest BCUT2D eigenvalue weighted by Gasteiger charge is 2.27. The molecule has 0 saturated carbocycles. The molecule has 1 aromatic heterocycles. The molecule has 4 nitrogen and oxygen atoms in total. The zero-order valence-electron chi connectivity index (χ0n) is 10.9. The molecular weight excluding hydrogens is 272 g/mol. The summed E-state index contributed by atoms with van der Waals surface area (Å²) in [6, 6.07) is 10.0. The van der Waals surface area contributed by atoms with Gasteiger partial charge in [-0.15, -0.1) is 11.3 Å². The first-order valence-electron chi connectivity index (χ1n) is 6.23. The number of anilines is 1. The number of carbonyl (C=O) groups is 1. The summed E-state index contributed by atoms with van der Waals surface area (Å²) in [5.41, 5.74) is 3.05. The standard InChI is InChI=1S/C15H12N2O2S/c1-10-7-11(14-3-2-6-20-14)12(9-16)13(8-10)17-4-5-19-15(17)18/h2-3,6-8H,4-5H2,1H3. The predicted octanol–water partition coefficient (Wildman–Crippen LogP) is 3.55. The van der Waals surface area contributed by atoms with Crippen molar-refractivity contribution in [1.29, 1.82) is 5.26 Å². The Kier molecular flexibility index (Phi) is 3.17. The van der Waals surface area contributed by atoms with Crippen LogP contribution < -0.4 is 4.90 Å². The Morgan fingerprint density at radius 3 is 2.90 bits per heavy atom. The number of carbonyl (C=O) groups excluding carboxylic acids is 1. The van der Waals surface area contributed by atoms with Crippen molar-refractivity contribution in [1.82, 2.24) is 0 Å². The number of hydrogen-bond acceptors (Lipinski definition) is 4. The monoisotopic (exact) mass is 284 g/mol. The molecule has 0 aliphatic carbocycles. The molecule has 1 aliphatic heterocycles. The van der Waals surface area contributed by atoms with Crippen molar-refractivity contribution < 1.29 is 9.53 Å². The Bertz CT molecular complexity index is 701. The lowest BCUT2D eigenvalue weighted by molar-refractivity contribution is 0.181. The molecule has 1 saturated heterocycles. The average molecular weight is 284 g/mol. The highest BCUT2D eigenvalue weighted by Crippen LogP contribution is 2.35. The van der Waals surface area contributed by atoms with E-state index in [1.54, 1.807) is 11.3 Å². The third kappa shape index (κ3) is 2.04. The van der Waals surface area contributed by atoms with E-state index >= 15 is 0 Å². The molecule has 2 heterocycles. The summed E-state index contributed by atoms with van der Waals surface area (Å²) in [6.07, 6.45) is -0.385. The minimum absolute atomic E-state index is 0.367. The van der Waals surface area contributed by atoms with Gasteiger partial charge in [0.25, 0.3) is 0 Å². The van der Waals surface area contributed by atoms with Gasteiger partial charge < -0.3 is 4.74 Å². The lowest BCUT2D eigenvalue weighted by Crippen LogP contribution is -2.24. The molecule has 1 fully saturated rings. The lowest BCUT2D eigenvalue weighted by atomic mass is 10.0. The van der Waals surface area contributed by atoms with E-state index in [1.807, 2.05) is 36.6 Å². The smallest absolute Gasteiger partial charge is 0.414 e. The summed E-state index contributed by atoms with van der Waals surface area (Å²) in [7, 11) is 0. The maximum atomic E-state index is 11.7. The van der Waals surface area contributed by atoms with E-state index in [2.05, 4.69) is 6.07 Å². The van der Waals surface area contributed by atoms with Gasteiger partial charge in [-0.05, 0) is 36.1 Å². The van der Waals surface area contributed by atoms with Gasteiger partial charge in [-0.2, -0.15) is 5.26 Å². The van der Waals surface area contributed by atoms with Gasteiger partial charge in [-0.3, -0.25) is 4.90 Å². The third-order valence-electron chi connectivity index (χ3n) is 3.21. The average Bonchev–Trinajstić information content (AvgIpc) is 3.08. The van der Waals surface area contributed by atoms with E-state index in [9.17, 15) is 10.1 Å². The first kappa shape index (κ1) is 12.7. The SMILES string of the molecule is Cc1cc(-c2cccs2)c(C#N)c(N2CCOC2=O)c1. The summed E-state index contributed by atoms with van der Waals surface area (Å²) in [6.45, 7) is 2.82. The van der Waals surface area contributed by atoms with Gasteiger partial charge in [0, 0.05) is 10.4 Å². The second-order valence-electron chi connectivity index (χ2n) is 4.56. The first-order valence-corrected chi connectivity index (χ1v) is 7.11. The largest absolute Gasteiger partial charge is 0.447 e. The molecule has 0 bridgehead atoms. The van der Waals surface area contributed by atoms with E-state index in [-0.39, 0.29) is 6.09 Å². The minimum atomic E-state index is -0.385. The number of hydrogen-bond donors (Lipinski definition) is 0. The van der Waals surface area contributed by atoms with Crippen molar-refractivity contribution in [3.8, 4) is 16.5 Å². The van der Waals surface area contributed by atoms with Crippen LogP contribution in [0.4, 0.5) is 10.5 Å². The molecule has 100 valence electrons. The van der Waals surface area contributed by atoms with Crippen molar-refractivity contribution in [2.75, 3.05) is 18.1 Å². The fraction of sp³-hybridized carbons (Fsp3) is 0.200. The quantitative estimate of drug-likeness (QED) is 0.847. The maximum Gasteiger partial charge on any atom is 0.414 e. The van der Waals surface area contributed by atoms with E-state index in [4.69, 9.17) is 4.74 Å². The Morgan fingerprint density at radius 1 is 1.45 bits per heavy atom. The number of cyclic esters (lactones) is 1. The summed E-state index contributed by atoms with van der Waals surface area (Å²) >= 11 is 1.58. The molecule has 1 aliphatic rings. The van der Waals surface area contributed by atoms with Gasteiger partial charge in [0.05, 0.1) is 17.8 Å². The number of nitrogens with zero attached hydrogens (tertiary/aromatic N) is 2. The zero-order chi connectivity index (χ0) is 14.1. The summed E-state index contributed by atoms with van der Waals surface area (Å²) in [4.78, 5) is 14.3. The second-order valence-corrected chi connectivity index (χ2v) is 5.51. The Balaban J connectivity index is 2.20. The molecule has 2 aromatic rings. The van der Waals surface area contributed by atoms with Crippen molar-refractivity contribution in [2.45, 2.75) is 6.92 Å². The minimum Gasteiger partial charge on any atom is -0.447 e. The zero-order valence-corrected chi connectivity index (χ0v) is 11.7. The molecule has 20 heavy (non-hydrogen) atoms. The number of benzene rings is 1. The third-order valence-corrected chi connectivity index (χ3v) is 4.12. The predicted molar refractivity (Wildman–Crippen MR) is 77.9 cm³/mol. The number of aryl methyl sites for hydroxylation is 1. The molecule has 0 atom stereocenters. The number of ether oxygens (including phenoxy) is 1. The molecule has 5 heteroatoms. The molecule has 0 N–H and O–H groups in total. The summed E-state index contributed by atoms with van der Waals surface area (Å²) in [5, 5.41) is 11.5. The topological polar surface area (TPSA) is 53.3 Å². The van der Waals surface area contributed by atoms with Gasteiger partial charge in [0.15, 0.2) is 0 Å². The number of thiophene rings is 1. The van der Waals surface area contributed by atoms with Crippen LogP contribution in [0.3, 0.4) is 0 Å². The van der Waals surface area contributed by atoms with Crippen molar-refractivity contribution in [3.05, 3.63) is 40.8 Å². The Hall–Kier alpha value is -2.32. The molecule has 0 spiro atoms. The van der Waals surface area contributed by atoms with Gasteiger partial charge in [0.1, 0.15) is 12.7 Å². The van der Waals surface area contributed by atoms with Crippen LogP contribution in [0.15, 0.2) is 29.6 Å². The van der Waals surface area contributed by atoms with E-state index in [0.717, 1.165) is 16.0 Å². The molecular formula is C15H12N2O2S. The highest BCUT2D eigenvalue weighted by atomic mass is 32.1. The number of amides is 1. The van der Waals surface area contributed by atoms with Gasteiger partial charge in [-0.1, -0.05) is 6.07 Å². The van der Waals surface area contributed by atoms with Crippen LogP contribution in [0.25, 0.3) is 10.4 Å². The van der Waals surface area contributed by atoms with E-state index in [1.165, 1.54) is 4.90 Å². The lowest BCUT2D eigenvalue weighted by Gasteiger charge is -2.17. The van der Waals surface area contributed by atoms with Crippen LogP contribution in [0.2, 0.25) is 0 Å². The fourth-order valence-corrected chi connectivity index (χ4v) is 3.08. The summed E-state index contributed by atoms with van der Waals surface area (Å²) in [5.74, 6) is 0. The van der Waals surface area contributed by atoms with Crippen molar-refractivity contribution in [3.63, 3.8) is 0 Å². The van der Waals surface area contributed by atoms with Crippen LogP contribution >= 0.6 is 11.3 Å². The number of nitriles is 1. The van der Waals surface area contributed by atoms with E-state index in [0.29, 0.717) is 24.4 Å². The van der Waals surface area contributed by atoms with Gasteiger partial charge >= 0.3 is 6.09 Å². The molecule has 3 rings (SSSR count). The first-order chi connectivity index (χ1) is 9.70. The Morgan fingerprint density at radius 2 is 2.30 bits per heavy atom. The number of rotatable bonds is 2. The van der Waals surface area contributed by atoms with Crippen LogP contribution in [-0.4, -0.2) is 19.2 Å². The van der Waals surface area contributed by atoms with Crippen LogP contribution in [0.1, 0.15) is 11.1 Å². The van der Waals surface area contributed by atoms with Crippen LogP contribution in [-0.2, 0) is 4.74 Å². The van der Waals surface area contributed by atoms with Gasteiger partial charge in [-0.25, -0.2) is 4.79 Å². The molecule has 0 radical (unpaired) electrons. The Labute approximate surface area is 120 Å². The van der Waals surface area contributed by atoms with Crippen LogP contribution in [0, 0.1) is 18.3 Å². The maximum absolute atomic E-state index is 11.7. The normalized spacial score (nSPS) is 14.2. The van der Waals surface area contributed by atoms with Crippen LogP contribution in [0.5, 0.6) is 0 Å². The van der Waals surface area contributed by atoms with Crippen molar-refractivity contribution >= 4 is 23.1 Å². The molecule has 0 unspecified atom stereocenters.